The number of hydrogen-bond donors (Lipinski definition) is 1. The average molecular weight is 294 g/mol. The summed E-state index contributed by atoms with van der Waals surface area (Å²) in [5, 5.41) is 3.80. The van der Waals surface area contributed by atoms with Gasteiger partial charge in [-0.1, -0.05) is 29.8 Å². The molecule has 0 spiro atoms. The summed E-state index contributed by atoms with van der Waals surface area (Å²) in [6, 6.07) is 12.5. The molecule has 0 aliphatic carbocycles. The standard InChI is InChI=1S/C16H17ClFNO/c1-11(12-4-3-5-15(8-12)20-2)19-10-13-6-7-14(18)9-16(13)17/h3-9,11,19H,10H2,1-2H3/t11-/m0/s1. The molecule has 0 radical (unpaired) electrons. The van der Waals surface area contributed by atoms with Crippen molar-refractivity contribution in [3.05, 3.63) is 64.4 Å². The number of methoxy groups -OCH3 is 1. The van der Waals surface area contributed by atoms with Crippen molar-refractivity contribution in [2.75, 3.05) is 7.11 Å². The Kier molecular flexibility index (Phi) is 4.99. The Morgan fingerprint density at radius 3 is 2.75 bits per heavy atom. The van der Waals surface area contributed by atoms with Gasteiger partial charge in [-0.3, -0.25) is 0 Å². The zero-order chi connectivity index (χ0) is 14.5. The van der Waals surface area contributed by atoms with E-state index in [1.807, 2.05) is 24.3 Å². The molecule has 2 rings (SSSR count). The molecular weight excluding hydrogens is 277 g/mol. The molecule has 0 unspecified atom stereocenters. The van der Waals surface area contributed by atoms with Crippen molar-refractivity contribution >= 4 is 11.6 Å². The Labute approximate surface area is 123 Å². The van der Waals surface area contributed by atoms with E-state index < -0.39 is 0 Å². The lowest BCUT2D eigenvalue weighted by molar-refractivity contribution is 0.413. The Morgan fingerprint density at radius 2 is 2.05 bits per heavy atom. The van der Waals surface area contributed by atoms with Crippen LogP contribution in [0.3, 0.4) is 0 Å². The van der Waals surface area contributed by atoms with E-state index in [0.717, 1.165) is 16.9 Å². The lowest BCUT2D eigenvalue weighted by Crippen LogP contribution is -2.18. The summed E-state index contributed by atoms with van der Waals surface area (Å²) in [6.07, 6.45) is 0. The van der Waals surface area contributed by atoms with Gasteiger partial charge in [-0.2, -0.15) is 0 Å². The van der Waals surface area contributed by atoms with E-state index in [1.54, 1.807) is 13.2 Å². The molecule has 0 saturated carbocycles. The fourth-order valence-corrected chi connectivity index (χ4v) is 2.19. The second-order valence-corrected chi connectivity index (χ2v) is 5.02. The summed E-state index contributed by atoms with van der Waals surface area (Å²) in [6.45, 7) is 2.64. The number of hydrogen-bond acceptors (Lipinski definition) is 2. The van der Waals surface area contributed by atoms with Gasteiger partial charge in [0.05, 0.1) is 7.11 Å². The van der Waals surface area contributed by atoms with Gasteiger partial charge in [-0.15, -0.1) is 0 Å². The van der Waals surface area contributed by atoms with Gasteiger partial charge >= 0.3 is 0 Å². The minimum absolute atomic E-state index is 0.145. The van der Waals surface area contributed by atoms with Crippen molar-refractivity contribution in [3.8, 4) is 5.75 Å². The van der Waals surface area contributed by atoms with Crippen LogP contribution in [0.25, 0.3) is 0 Å². The first-order valence-corrected chi connectivity index (χ1v) is 6.79. The predicted molar refractivity (Wildman–Crippen MR) is 79.7 cm³/mol. The van der Waals surface area contributed by atoms with E-state index in [0.29, 0.717) is 11.6 Å². The maximum Gasteiger partial charge on any atom is 0.124 e. The van der Waals surface area contributed by atoms with Crippen LogP contribution in [0.4, 0.5) is 4.39 Å². The minimum Gasteiger partial charge on any atom is -0.497 e. The van der Waals surface area contributed by atoms with Gasteiger partial charge in [0.2, 0.25) is 0 Å². The van der Waals surface area contributed by atoms with Gasteiger partial charge in [0.25, 0.3) is 0 Å². The van der Waals surface area contributed by atoms with E-state index in [-0.39, 0.29) is 11.9 Å². The van der Waals surface area contributed by atoms with E-state index in [1.165, 1.54) is 12.1 Å². The Morgan fingerprint density at radius 1 is 1.25 bits per heavy atom. The first-order chi connectivity index (χ1) is 9.60. The third kappa shape index (κ3) is 3.71. The molecule has 2 aromatic carbocycles. The number of nitrogens with one attached hydrogen (secondary N) is 1. The molecule has 0 saturated heterocycles. The molecule has 4 heteroatoms. The highest BCUT2D eigenvalue weighted by Crippen LogP contribution is 2.21. The van der Waals surface area contributed by atoms with Gasteiger partial charge < -0.3 is 10.1 Å². The van der Waals surface area contributed by atoms with Gasteiger partial charge in [0.15, 0.2) is 0 Å². The van der Waals surface area contributed by atoms with Gasteiger partial charge in [-0.05, 0) is 42.3 Å². The van der Waals surface area contributed by atoms with Gasteiger partial charge in [0.1, 0.15) is 11.6 Å². The zero-order valence-corrected chi connectivity index (χ0v) is 12.2. The maximum absolute atomic E-state index is 13.0. The molecular formula is C16H17ClFNO. The largest absolute Gasteiger partial charge is 0.497 e. The first-order valence-electron chi connectivity index (χ1n) is 6.41. The van der Waals surface area contributed by atoms with Crippen LogP contribution < -0.4 is 10.1 Å². The number of ether oxygens (including phenoxy) is 1. The Bertz CT molecular complexity index is 588. The van der Waals surface area contributed by atoms with Crippen LogP contribution >= 0.6 is 11.6 Å². The van der Waals surface area contributed by atoms with Crippen LogP contribution in [0.1, 0.15) is 24.1 Å². The zero-order valence-electron chi connectivity index (χ0n) is 11.5. The highest BCUT2D eigenvalue weighted by atomic mass is 35.5. The van der Waals surface area contributed by atoms with Gasteiger partial charge in [0, 0.05) is 17.6 Å². The van der Waals surface area contributed by atoms with E-state index in [4.69, 9.17) is 16.3 Å². The Balaban J connectivity index is 2.02. The number of rotatable bonds is 5. The normalized spacial score (nSPS) is 12.2. The molecule has 20 heavy (non-hydrogen) atoms. The summed E-state index contributed by atoms with van der Waals surface area (Å²) in [5.74, 6) is 0.510. The summed E-state index contributed by atoms with van der Waals surface area (Å²) >= 11 is 6.01. The third-order valence-electron chi connectivity index (χ3n) is 3.21. The summed E-state index contributed by atoms with van der Waals surface area (Å²) in [5.41, 5.74) is 2.00. The second kappa shape index (κ2) is 6.73. The maximum atomic E-state index is 13.0. The first kappa shape index (κ1) is 14.8. The smallest absolute Gasteiger partial charge is 0.124 e. The highest BCUT2D eigenvalue weighted by Gasteiger charge is 2.08. The highest BCUT2D eigenvalue weighted by molar-refractivity contribution is 6.31. The monoisotopic (exact) mass is 293 g/mol. The van der Waals surface area contributed by atoms with E-state index in [9.17, 15) is 4.39 Å². The van der Waals surface area contributed by atoms with Crippen molar-refractivity contribution in [2.24, 2.45) is 0 Å². The van der Waals surface area contributed by atoms with E-state index >= 15 is 0 Å². The van der Waals surface area contributed by atoms with Crippen molar-refractivity contribution in [3.63, 3.8) is 0 Å². The van der Waals surface area contributed by atoms with Crippen LogP contribution in [0.2, 0.25) is 5.02 Å². The van der Waals surface area contributed by atoms with Crippen molar-refractivity contribution in [1.82, 2.24) is 5.32 Å². The fourth-order valence-electron chi connectivity index (χ4n) is 1.96. The molecule has 0 aliphatic heterocycles. The van der Waals surface area contributed by atoms with Crippen molar-refractivity contribution < 1.29 is 9.13 Å². The van der Waals surface area contributed by atoms with Crippen LogP contribution in [-0.2, 0) is 6.54 Å². The fraction of sp³-hybridized carbons (Fsp3) is 0.250. The third-order valence-corrected chi connectivity index (χ3v) is 3.56. The van der Waals surface area contributed by atoms with Crippen LogP contribution in [0.5, 0.6) is 5.75 Å². The van der Waals surface area contributed by atoms with Crippen molar-refractivity contribution in [1.29, 1.82) is 0 Å². The minimum atomic E-state index is -0.320. The van der Waals surface area contributed by atoms with Crippen LogP contribution in [0, 0.1) is 5.82 Å². The van der Waals surface area contributed by atoms with Crippen molar-refractivity contribution in [2.45, 2.75) is 19.5 Å². The van der Waals surface area contributed by atoms with Crippen LogP contribution in [0.15, 0.2) is 42.5 Å². The molecule has 0 aromatic heterocycles. The Hall–Kier alpha value is -1.58. The number of halogens is 2. The summed E-state index contributed by atoms with van der Waals surface area (Å²) in [4.78, 5) is 0. The molecule has 1 N–H and O–H groups in total. The molecule has 2 nitrogen and oxygen atoms in total. The lowest BCUT2D eigenvalue weighted by Gasteiger charge is -2.15. The number of benzene rings is 2. The van der Waals surface area contributed by atoms with Crippen LogP contribution in [-0.4, -0.2) is 7.11 Å². The molecule has 0 amide bonds. The molecule has 0 bridgehead atoms. The SMILES string of the molecule is COc1cccc([C@H](C)NCc2ccc(F)cc2Cl)c1. The molecule has 0 fully saturated rings. The summed E-state index contributed by atoms with van der Waals surface area (Å²) < 4.78 is 18.2. The second-order valence-electron chi connectivity index (χ2n) is 4.61. The molecule has 0 aliphatic rings. The van der Waals surface area contributed by atoms with E-state index in [2.05, 4.69) is 12.2 Å². The molecule has 2 aromatic rings. The predicted octanol–water partition coefficient (Wildman–Crippen LogP) is 4.34. The molecule has 0 heterocycles. The summed E-state index contributed by atoms with van der Waals surface area (Å²) in [7, 11) is 1.65. The average Bonchev–Trinajstić information content (AvgIpc) is 2.46. The lowest BCUT2D eigenvalue weighted by atomic mass is 10.1. The molecule has 106 valence electrons. The quantitative estimate of drug-likeness (QED) is 0.885. The topological polar surface area (TPSA) is 21.3 Å². The van der Waals surface area contributed by atoms with Gasteiger partial charge in [-0.25, -0.2) is 4.39 Å². The molecule has 1 atom stereocenters.